The normalized spacial score (nSPS) is 11.6. The maximum Gasteiger partial charge on any atom is 0.257 e. The summed E-state index contributed by atoms with van der Waals surface area (Å²) >= 11 is 7.30. The van der Waals surface area contributed by atoms with E-state index in [0.29, 0.717) is 15.7 Å². The number of thiazole rings is 1. The average Bonchev–Trinajstić information content (AvgIpc) is 3.01. The van der Waals surface area contributed by atoms with Gasteiger partial charge in [0.2, 0.25) is 10.0 Å². The first-order valence-corrected chi connectivity index (χ1v) is 11.5. The Morgan fingerprint density at radius 2 is 1.69 bits per heavy atom. The zero-order chi connectivity index (χ0) is 21.2. The van der Waals surface area contributed by atoms with Gasteiger partial charge < -0.3 is 0 Å². The maximum atomic E-state index is 12.5. The Labute approximate surface area is 179 Å². The molecule has 152 valence electrons. The molecule has 0 atom stereocenters. The molecule has 0 radical (unpaired) electrons. The molecule has 3 aromatic rings. The van der Waals surface area contributed by atoms with E-state index in [0.717, 1.165) is 16.1 Å². The first-order valence-electron chi connectivity index (χ1n) is 8.83. The number of anilines is 1. The largest absolute Gasteiger partial charge is 0.298 e. The molecule has 2 aromatic carbocycles. The van der Waals surface area contributed by atoms with Gasteiger partial charge in [0, 0.05) is 27.1 Å². The summed E-state index contributed by atoms with van der Waals surface area (Å²) in [4.78, 5) is 18.1. The summed E-state index contributed by atoms with van der Waals surface area (Å²) in [5, 5.41) is 3.88. The van der Waals surface area contributed by atoms with Crippen molar-refractivity contribution in [1.29, 1.82) is 0 Å². The predicted octanol–water partition coefficient (Wildman–Crippen LogP) is 4.71. The topological polar surface area (TPSA) is 88.2 Å². The van der Waals surface area contributed by atoms with Crippen LogP contribution in [-0.2, 0) is 10.0 Å². The van der Waals surface area contributed by atoms with E-state index >= 15 is 0 Å². The van der Waals surface area contributed by atoms with Crippen molar-refractivity contribution in [1.82, 2.24) is 9.71 Å². The van der Waals surface area contributed by atoms with Crippen LogP contribution in [0, 0.1) is 6.92 Å². The van der Waals surface area contributed by atoms with Gasteiger partial charge in [-0.1, -0.05) is 23.7 Å². The zero-order valence-corrected chi connectivity index (χ0v) is 18.5. The Morgan fingerprint density at radius 3 is 2.28 bits per heavy atom. The highest BCUT2D eigenvalue weighted by Crippen LogP contribution is 2.31. The third-order valence-electron chi connectivity index (χ3n) is 3.95. The monoisotopic (exact) mass is 449 g/mol. The second-order valence-corrected chi connectivity index (χ2v) is 10.0. The van der Waals surface area contributed by atoms with Crippen LogP contribution < -0.4 is 10.0 Å². The molecule has 0 fully saturated rings. The minimum absolute atomic E-state index is 0.109. The molecule has 0 unspecified atom stereocenters. The van der Waals surface area contributed by atoms with Crippen molar-refractivity contribution in [2.24, 2.45) is 0 Å². The number of nitrogens with one attached hydrogen (secondary N) is 2. The van der Waals surface area contributed by atoms with Crippen molar-refractivity contribution in [3.8, 4) is 11.3 Å². The first-order chi connectivity index (χ1) is 13.7. The number of hydrogen-bond donors (Lipinski definition) is 2. The summed E-state index contributed by atoms with van der Waals surface area (Å²) in [5.74, 6) is -0.359. The van der Waals surface area contributed by atoms with E-state index in [1.54, 1.807) is 26.0 Å². The summed E-state index contributed by atoms with van der Waals surface area (Å²) in [5.41, 5.74) is 2.04. The van der Waals surface area contributed by atoms with Crippen LogP contribution >= 0.6 is 22.9 Å². The lowest BCUT2D eigenvalue weighted by molar-refractivity contribution is 0.102. The summed E-state index contributed by atoms with van der Waals surface area (Å²) in [6.45, 7) is 5.42. The summed E-state index contributed by atoms with van der Waals surface area (Å²) in [6.07, 6.45) is 0. The Kier molecular flexibility index (Phi) is 6.38. The van der Waals surface area contributed by atoms with Crippen molar-refractivity contribution in [2.75, 3.05) is 5.32 Å². The molecule has 1 aromatic heterocycles. The van der Waals surface area contributed by atoms with Crippen molar-refractivity contribution in [3.63, 3.8) is 0 Å². The Bertz CT molecular complexity index is 1120. The van der Waals surface area contributed by atoms with Gasteiger partial charge in [-0.15, -0.1) is 11.3 Å². The van der Waals surface area contributed by atoms with E-state index in [1.165, 1.54) is 35.6 Å². The number of aromatic nitrogens is 1. The van der Waals surface area contributed by atoms with E-state index in [1.807, 2.05) is 19.1 Å². The van der Waals surface area contributed by atoms with Crippen molar-refractivity contribution >= 4 is 44.0 Å². The SMILES string of the molecule is Cc1sc(NC(=O)c2ccc(S(=O)(=O)NC(C)C)cc2)nc1-c1ccc(Cl)cc1. The predicted molar refractivity (Wildman–Crippen MR) is 117 cm³/mol. The van der Waals surface area contributed by atoms with Crippen LogP contribution in [0.15, 0.2) is 53.4 Å². The van der Waals surface area contributed by atoms with Crippen LogP contribution in [0.3, 0.4) is 0 Å². The number of rotatable bonds is 6. The van der Waals surface area contributed by atoms with Crippen LogP contribution in [-0.4, -0.2) is 25.4 Å². The number of benzene rings is 2. The van der Waals surface area contributed by atoms with Gasteiger partial charge in [0.05, 0.1) is 10.6 Å². The lowest BCUT2D eigenvalue weighted by Gasteiger charge is -2.10. The third-order valence-corrected chi connectivity index (χ3v) is 6.77. The molecule has 6 nitrogen and oxygen atoms in total. The molecule has 0 saturated carbocycles. The lowest BCUT2D eigenvalue weighted by atomic mass is 10.1. The fourth-order valence-corrected chi connectivity index (χ4v) is 4.87. The minimum Gasteiger partial charge on any atom is -0.298 e. The summed E-state index contributed by atoms with van der Waals surface area (Å²) < 4.78 is 26.9. The fraction of sp³-hybridized carbons (Fsp3) is 0.200. The lowest BCUT2D eigenvalue weighted by Crippen LogP contribution is -2.30. The molecule has 0 saturated heterocycles. The molecule has 0 spiro atoms. The van der Waals surface area contributed by atoms with Crippen LogP contribution in [0.4, 0.5) is 5.13 Å². The molecular formula is C20H20ClN3O3S2. The number of nitrogens with zero attached hydrogens (tertiary/aromatic N) is 1. The van der Waals surface area contributed by atoms with Crippen LogP contribution in [0.1, 0.15) is 29.1 Å². The zero-order valence-electron chi connectivity index (χ0n) is 16.1. The molecular weight excluding hydrogens is 430 g/mol. The average molecular weight is 450 g/mol. The van der Waals surface area contributed by atoms with E-state index < -0.39 is 10.0 Å². The number of sulfonamides is 1. The molecule has 1 amide bonds. The second kappa shape index (κ2) is 8.62. The van der Waals surface area contributed by atoms with Gasteiger partial charge in [0.25, 0.3) is 5.91 Å². The van der Waals surface area contributed by atoms with Gasteiger partial charge in [-0.3, -0.25) is 10.1 Å². The second-order valence-electron chi connectivity index (χ2n) is 6.69. The van der Waals surface area contributed by atoms with E-state index in [-0.39, 0.29) is 16.8 Å². The number of carbonyl (C=O) groups excluding carboxylic acids is 1. The standard InChI is InChI=1S/C20H20ClN3O3S2/c1-12(2)24-29(26,27)17-10-6-15(7-11-17)19(25)23-20-22-18(13(3)28-20)14-4-8-16(21)9-5-14/h4-12,24H,1-3H3,(H,22,23,25). The molecule has 2 N–H and O–H groups in total. The molecule has 0 aliphatic rings. The van der Waals surface area contributed by atoms with Crippen LogP contribution in [0.25, 0.3) is 11.3 Å². The minimum atomic E-state index is -3.60. The van der Waals surface area contributed by atoms with Crippen molar-refractivity contribution < 1.29 is 13.2 Å². The molecule has 3 rings (SSSR count). The Hall–Kier alpha value is -2.26. The van der Waals surface area contributed by atoms with Gasteiger partial charge in [-0.2, -0.15) is 0 Å². The smallest absolute Gasteiger partial charge is 0.257 e. The van der Waals surface area contributed by atoms with Crippen molar-refractivity contribution in [3.05, 3.63) is 64.0 Å². The van der Waals surface area contributed by atoms with Crippen molar-refractivity contribution in [2.45, 2.75) is 31.7 Å². The highest BCUT2D eigenvalue weighted by Gasteiger charge is 2.17. The van der Waals surface area contributed by atoms with E-state index in [4.69, 9.17) is 11.6 Å². The molecule has 9 heteroatoms. The number of amides is 1. The van der Waals surface area contributed by atoms with Gasteiger partial charge in [-0.25, -0.2) is 18.1 Å². The van der Waals surface area contributed by atoms with Gasteiger partial charge >= 0.3 is 0 Å². The maximum absolute atomic E-state index is 12.5. The highest BCUT2D eigenvalue weighted by atomic mass is 35.5. The van der Waals surface area contributed by atoms with Gasteiger partial charge in [-0.05, 0) is 57.2 Å². The summed E-state index contributed by atoms with van der Waals surface area (Å²) in [6, 6.07) is 12.9. The number of carbonyl (C=O) groups is 1. The van der Waals surface area contributed by atoms with E-state index in [2.05, 4.69) is 15.0 Å². The molecule has 1 heterocycles. The first kappa shape index (κ1) is 21.4. The van der Waals surface area contributed by atoms with Crippen LogP contribution in [0.5, 0.6) is 0 Å². The quantitative estimate of drug-likeness (QED) is 0.570. The molecule has 0 aliphatic carbocycles. The number of aryl methyl sites for hydroxylation is 1. The van der Waals surface area contributed by atoms with E-state index in [9.17, 15) is 13.2 Å². The molecule has 0 bridgehead atoms. The number of hydrogen-bond acceptors (Lipinski definition) is 5. The molecule has 0 aliphatic heterocycles. The highest BCUT2D eigenvalue weighted by molar-refractivity contribution is 7.89. The van der Waals surface area contributed by atoms with Gasteiger partial charge in [0.15, 0.2) is 5.13 Å². The Balaban J connectivity index is 1.75. The number of halogens is 1. The summed E-state index contributed by atoms with van der Waals surface area (Å²) in [7, 11) is -3.60. The molecule has 29 heavy (non-hydrogen) atoms. The third kappa shape index (κ3) is 5.22. The van der Waals surface area contributed by atoms with Gasteiger partial charge in [0.1, 0.15) is 0 Å². The fourth-order valence-electron chi connectivity index (χ4n) is 2.66. The van der Waals surface area contributed by atoms with Crippen LogP contribution in [0.2, 0.25) is 5.02 Å². The Morgan fingerprint density at radius 1 is 1.07 bits per heavy atom.